The van der Waals surface area contributed by atoms with Crippen molar-refractivity contribution in [1.29, 1.82) is 0 Å². The lowest BCUT2D eigenvalue weighted by Crippen LogP contribution is -2.28. The van der Waals surface area contributed by atoms with Crippen molar-refractivity contribution in [2.45, 2.75) is 24.7 Å². The van der Waals surface area contributed by atoms with E-state index in [0.717, 1.165) is 23.9 Å². The number of anilines is 1. The first-order valence-electron chi connectivity index (χ1n) is 7.93. The van der Waals surface area contributed by atoms with Gasteiger partial charge in [-0.2, -0.15) is 4.31 Å². The molecule has 0 spiro atoms. The molecule has 0 aliphatic carbocycles. The summed E-state index contributed by atoms with van der Waals surface area (Å²) in [7, 11) is -3.51. The fourth-order valence-corrected chi connectivity index (χ4v) is 5.33. The van der Waals surface area contributed by atoms with Gasteiger partial charge < -0.3 is 4.90 Å². The van der Waals surface area contributed by atoms with Gasteiger partial charge in [-0.15, -0.1) is 0 Å². The van der Waals surface area contributed by atoms with E-state index in [2.05, 4.69) is 0 Å². The van der Waals surface area contributed by atoms with Crippen LogP contribution in [-0.2, 0) is 10.0 Å². The molecule has 2 aliphatic rings. The van der Waals surface area contributed by atoms with Gasteiger partial charge in [-0.1, -0.05) is 12.1 Å². The fourth-order valence-electron chi connectivity index (χ4n) is 3.63. The summed E-state index contributed by atoms with van der Waals surface area (Å²) in [5.41, 5.74) is 1.40. The second kappa shape index (κ2) is 5.04. The Morgan fingerprint density at radius 2 is 1.83 bits per heavy atom. The molecule has 5 nitrogen and oxygen atoms in total. The lowest BCUT2D eigenvalue weighted by Gasteiger charge is -2.18. The van der Waals surface area contributed by atoms with E-state index in [-0.39, 0.29) is 5.91 Å². The van der Waals surface area contributed by atoms with Crippen LogP contribution in [0.3, 0.4) is 0 Å². The lowest BCUT2D eigenvalue weighted by molar-refractivity contribution is 0.0994. The number of hydrogen-bond acceptors (Lipinski definition) is 3. The van der Waals surface area contributed by atoms with Crippen molar-refractivity contribution < 1.29 is 13.2 Å². The largest absolute Gasteiger partial charge is 0.308 e. The second-order valence-corrected chi connectivity index (χ2v) is 7.88. The number of benzene rings is 2. The predicted octanol–water partition coefficient (Wildman–Crippen LogP) is 2.60. The average molecular weight is 330 g/mol. The van der Waals surface area contributed by atoms with Crippen LogP contribution >= 0.6 is 0 Å². The predicted molar refractivity (Wildman–Crippen MR) is 89.3 cm³/mol. The van der Waals surface area contributed by atoms with Crippen LogP contribution < -0.4 is 4.90 Å². The Morgan fingerprint density at radius 3 is 2.52 bits per heavy atom. The first kappa shape index (κ1) is 14.7. The molecule has 23 heavy (non-hydrogen) atoms. The molecular formula is C17H18N2O3S. The van der Waals surface area contributed by atoms with E-state index in [4.69, 9.17) is 0 Å². The van der Waals surface area contributed by atoms with E-state index in [9.17, 15) is 13.2 Å². The van der Waals surface area contributed by atoms with Gasteiger partial charge in [0, 0.05) is 36.0 Å². The molecule has 2 heterocycles. The van der Waals surface area contributed by atoms with Crippen molar-refractivity contribution in [3.63, 3.8) is 0 Å². The zero-order valence-corrected chi connectivity index (χ0v) is 13.8. The van der Waals surface area contributed by atoms with Crippen LogP contribution in [-0.4, -0.2) is 38.3 Å². The van der Waals surface area contributed by atoms with Gasteiger partial charge in [0.05, 0.1) is 10.6 Å². The van der Waals surface area contributed by atoms with E-state index in [1.165, 1.54) is 0 Å². The van der Waals surface area contributed by atoms with Crippen LogP contribution in [0.25, 0.3) is 10.8 Å². The van der Waals surface area contributed by atoms with Crippen molar-refractivity contribution in [2.24, 2.45) is 0 Å². The number of hydrogen-bond donors (Lipinski definition) is 0. The summed E-state index contributed by atoms with van der Waals surface area (Å²) in [6.07, 6.45) is 1.81. The highest BCUT2D eigenvalue weighted by molar-refractivity contribution is 7.89. The number of amides is 1. The standard InChI is InChI=1S/C17H18N2O3S/c1-2-19-14-8-9-15(23(21,22)18-10-3-4-11-18)12-6-5-7-13(16(12)14)17(19)20/h5-9H,2-4,10-11H2,1H3. The summed E-state index contributed by atoms with van der Waals surface area (Å²) in [5.74, 6) is -0.0520. The van der Waals surface area contributed by atoms with E-state index in [1.807, 2.05) is 6.92 Å². The van der Waals surface area contributed by atoms with Crippen LogP contribution in [0.1, 0.15) is 30.1 Å². The molecule has 0 saturated carbocycles. The lowest BCUT2D eigenvalue weighted by atomic mass is 10.1. The van der Waals surface area contributed by atoms with Gasteiger partial charge in [-0.05, 0) is 38.0 Å². The van der Waals surface area contributed by atoms with Gasteiger partial charge in [0.2, 0.25) is 10.0 Å². The van der Waals surface area contributed by atoms with Gasteiger partial charge in [0.15, 0.2) is 0 Å². The van der Waals surface area contributed by atoms with Gasteiger partial charge in [-0.25, -0.2) is 8.42 Å². The van der Waals surface area contributed by atoms with Gasteiger partial charge >= 0.3 is 0 Å². The zero-order chi connectivity index (χ0) is 16.2. The van der Waals surface area contributed by atoms with Crippen molar-refractivity contribution in [2.75, 3.05) is 24.5 Å². The number of rotatable bonds is 3. The Labute approximate surface area is 135 Å². The summed E-state index contributed by atoms with van der Waals surface area (Å²) in [5, 5.41) is 1.41. The SMILES string of the molecule is CCN1C(=O)c2cccc3c(S(=O)(=O)N4CCCC4)ccc1c23. The topological polar surface area (TPSA) is 57.7 Å². The highest BCUT2D eigenvalue weighted by Gasteiger charge is 2.33. The van der Waals surface area contributed by atoms with Crippen LogP contribution in [0.2, 0.25) is 0 Å². The highest BCUT2D eigenvalue weighted by Crippen LogP contribution is 2.40. The first-order valence-corrected chi connectivity index (χ1v) is 9.37. The van der Waals surface area contributed by atoms with Crippen molar-refractivity contribution in [1.82, 2.24) is 4.31 Å². The monoisotopic (exact) mass is 330 g/mol. The Kier molecular flexibility index (Phi) is 3.21. The molecule has 0 unspecified atom stereocenters. The average Bonchev–Trinajstić information content (AvgIpc) is 3.17. The summed E-state index contributed by atoms with van der Waals surface area (Å²) in [4.78, 5) is 14.5. The molecule has 2 aromatic carbocycles. The van der Waals surface area contributed by atoms with Crippen molar-refractivity contribution >= 4 is 32.4 Å². The molecule has 0 radical (unpaired) electrons. The number of carbonyl (C=O) groups excluding carboxylic acids is 1. The van der Waals surface area contributed by atoms with Gasteiger partial charge in [-0.3, -0.25) is 4.79 Å². The van der Waals surface area contributed by atoms with Crippen LogP contribution in [0.15, 0.2) is 35.2 Å². The minimum atomic E-state index is -3.51. The fraction of sp³-hybridized carbons (Fsp3) is 0.353. The number of sulfonamides is 1. The molecule has 6 heteroatoms. The molecule has 4 rings (SSSR count). The molecule has 120 valence electrons. The van der Waals surface area contributed by atoms with Crippen molar-refractivity contribution in [3.8, 4) is 0 Å². The van der Waals surface area contributed by atoms with Gasteiger partial charge in [0.25, 0.3) is 5.91 Å². The van der Waals surface area contributed by atoms with E-state index in [0.29, 0.717) is 35.5 Å². The minimum Gasteiger partial charge on any atom is -0.308 e. The maximum atomic E-state index is 13.0. The van der Waals surface area contributed by atoms with Crippen molar-refractivity contribution in [3.05, 3.63) is 35.9 Å². The maximum absolute atomic E-state index is 13.0. The highest BCUT2D eigenvalue weighted by atomic mass is 32.2. The van der Waals surface area contributed by atoms with Crippen LogP contribution in [0.5, 0.6) is 0 Å². The minimum absolute atomic E-state index is 0.0520. The maximum Gasteiger partial charge on any atom is 0.258 e. The summed E-state index contributed by atoms with van der Waals surface area (Å²) >= 11 is 0. The zero-order valence-electron chi connectivity index (χ0n) is 12.9. The molecule has 0 N–H and O–H groups in total. The number of carbonyl (C=O) groups is 1. The van der Waals surface area contributed by atoms with E-state index in [1.54, 1.807) is 39.5 Å². The van der Waals surface area contributed by atoms with E-state index < -0.39 is 10.0 Å². The van der Waals surface area contributed by atoms with Gasteiger partial charge in [0.1, 0.15) is 0 Å². The molecule has 0 atom stereocenters. The van der Waals surface area contributed by atoms with Crippen LogP contribution in [0, 0.1) is 0 Å². The third-order valence-electron chi connectivity index (χ3n) is 4.74. The smallest absolute Gasteiger partial charge is 0.258 e. The molecule has 1 saturated heterocycles. The Bertz CT molecular complexity index is 915. The second-order valence-electron chi connectivity index (χ2n) is 5.97. The molecule has 0 aromatic heterocycles. The molecule has 1 amide bonds. The summed E-state index contributed by atoms with van der Waals surface area (Å²) in [6.45, 7) is 3.64. The van der Waals surface area contributed by atoms with E-state index >= 15 is 0 Å². The third kappa shape index (κ3) is 1.95. The normalized spacial score (nSPS) is 18.3. The summed E-state index contributed by atoms with van der Waals surface area (Å²) in [6, 6.07) is 8.76. The molecule has 2 aromatic rings. The van der Waals surface area contributed by atoms with Crippen LogP contribution in [0.4, 0.5) is 5.69 Å². The molecule has 2 aliphatic heterocycles. The molecular weight excluding hydrogens is 312 g/mol. The Morgan fingerprint density at radius 1 is 1.09 bits per heavy atom. The third-order valence-corrected chi connectivity index (χ3v) is 6.70. The molecule has 0 bridgehead atoms. The Balaban J connectivity index is 1.99. The quantitative estimate of drug-likeness (QED) is 0.869. The molecule has 1 fully saturated rings. The summed E-state index contributed by atoms with van der Waals surface area (Å²) < 4.78 is 27.4. The number of nitrogens with zero attached hydrogens (tertiary/aromatic N) is 2. The Hall–Kier alpha value is -1.92. The first-order chi connectivity index (χ1) is 11.1.